The molecule has 0 aliphatic carbocycles. The largest absolute Gasteiger partial charge is 0.323 e. The summed E-state index contributed by atoms with van der Waals surface area (Å²) in [7, 11) is -3.13. The summed E-state index contributed by atoms with van der Waals surface area (Å²) in [6.07, 6.45) is 0.494. The Hall–Kier alpha value is -2.34. The van der Waals surface area contributed by atoms with Crippen LogP contribution in [0, 0.1) is 0 Å². The average molecular weight is 302 g/mol. The highest BCUT2D eigenvalue weighted by molar-refractivity contribution is 7.91. The molecule has 21 heavy (non-hydrogen) atoms. The molecule has 0 saturated carbocycles. The van der Waals surface area contributed by atoms with Crippen molar-refractivity contribution in [2.75, 3.05) is 16.4 Å². The number of hydrogen-bond donors (Lipinski definition) is 2. The molecule has 0 spiro atoms. The molecule has 5 nitrogen and oxygen atoms in total. The molecule has 2 aromatic carbocycles. The average Bonchev–Trinajstić information content (AvgIpc) is 2.75. The van der Waals surface area contributed by atoms with E-state index in [0.717, 1.165) is 5.56 Å². The van der Waals surface area contributed by atoms with Gasteiger partial charge in [-0.15, -0.1) is 0 Å². The molecular formula is C15H14N2O3S. The van der Waals surface area contributed by atoms with E-state index in [1.54, 1.807) is 30.3 Å². The van der Waals surface area contributed by atoms with E-state index in [0.29, 0.717) is 22.7 Å². The SMILES string of the molecule is O=C(Nc1ccccc1)Nc1ccc2c(c1)CCS2(=O)=O. The Morgan fingerprint density at radius 2 is 1.67 bits per heavy atom. The van der Waals surface area contributed by atoms with Gasteiger partial charge in [0.15, 0.2) is 9.84 Å². The minimum atomic E-state index is -3.13. The Bertz CT molecular complexity index is 786. The lowest BCUT2D eigenvalue weighted by molar-refractivity contribution is 0.262. The molecule has 0 unspecified atom stereocenters. The smallest absolute Gasteiger partial charge is 0.308 e. The van der Waals surface area contributed by atoms with Crippen LogP contribution in [0.4, 0.5) is 16.2 Å². The molecule has 0 atom stereocenters. The quantitative estimate of drug-likeness (QED) is 0.895. The first-order chi connectivity index (χ1) is 10.0. The summed E-state index contributed by atoms with van der Waals surface area (Å²) in [5.74, 6) is 0.141. The highest BCUT2D eigenvalue weighted by Crippen LogP contribution is 2.28. The van der Waals surface area contributed by atoms with Crippen LogP contribution in [-0.2, 0) is 16.3 Å². The Morgan fingerprint density at radius 3 is 2.43 bits per heavy atom. The zero-order valence-corrected chi connectivity index (χ0v) is 12.0. The van der Waals surface area contributed by atoms with E-state index >= 15 is 0 Å². The molecule has 2 N–H and O–H groups in total. The van der Waals surface area contributed by atoms with Crippen molar-refractivity contribution in [3.8, 4) is 0 Å². The van der Waals surface area contributed by atoms with Gasteiger partial charge in [-0.3, -0.25) is 0 Å². The minimum Gasteiger partial charge on any atom is -0.308 e. The normalized spacial score (nSPS) is 15.2. The van der Waals surface area contributed by atoms with Crippen molar-refractivity contribution >= 4 is 27.2 Å². The molecule has 1 heterocycles. The molecule has 0 saturated heterocycles. The minimum absolute atomic E-state index is 0.141. The van der Waals surface area contributed by atoms with Crippen molar-refractivity contribution < 1.29 is 13.2 Å². The van der Waals surface area contributed by atoms with Gasteiger partial charge in [0.2, 0.25) is 0 Å². The molecule has 0 aromatic heterocycles. The number of anilines is 2. The third-order valence-electron chi connectivity index (χ3n) is 3.33. The first-order valence-electron chi connectivity index (χ1n) is 6.53. The number of sulfone groups is 1. The molecule has 0 radical (unpaired) electrons. The highest BCUT2D eigenvalue weighted by Gasteiger charge is 2.26. The number of amides is 2. The predicted octanol–water partition coefficient (Wildman–Crippen LogP) is 2.66. The lowest BCUT2D eigenvalue weighted by Gasteiger charge is -2.08. The fourth-order valence-corrected chi connectivity index (χ4v) is 3.87. The van der Waals surface area contributed by atoms with Crippen molar-refractivity contribution in [3.63, 3.8) is 0 Å². The van der Waals surface area contributed by atoms with Crippen LogP contribution in [0.1, 0.15) is 5.56 Å². The Kier molecular flexibility index (Phi) is 3.39. The van der Waals surface area contributed by atoms with E-state index in [-0.39, 0.29) is 11.8 Å². The van der Waals surface area contributed by atoms with E-state index in [1.807, 2.05) is 18.2 Å². The second kappa shape index (κ2) is 5.21. The summed E-state index contributed by atoms with van der Waals surface area (Å²) < 4.78 is 23.5. The maximum absolute atomic E-state index is 11.9. The summed E-state index contributed by atoms with van der Waals surface area (Å²) in [4.78, 5) is 12.2. The second-order valence-corrected chi connectivity index (χ2v) is 6.91. The van der Waals surface area contributed by atoms with E-state index in [4.69, 9.17) is 0 Å². The maximum atomic E-state index is 11.9. The number of aryl methyl sites for hydroxylation is 1. The Labute approximate surface area is 122 Å². The fraction of sp³-hybridized carbons (Fsp3) is 0.133. The first-order valence-corrected chi connectivity index (χ1v) is 8.18. The van der Waals surface area contributed by atoms with E-state index < -0.39 is 9.84 Å². The Balaban J connectivity index is 1.73. The van der Waals surface area contributed by atoms with Crippen molar-refractivity contribution in [2.24, 2.45) is 0 Å². The van der Waals surface area contributed by atoms with Gasteiger partial charge in [0, 0.05) is 11.4 Å². The van der Waals surface area contributed by atoms with Crippen molar-refractivity contribution in [1.29, 1.82) is 0 Å². The summed E-state index contributed by atoms with van der Waals surface area (Å²) in [5, 5.41) is 5.41. The van der Waals surface area contributed by atoms with Gasteiger partial charge in [0.1, 0.15) is 0 Å². The highest BCUT2D eigenvalue weighted by atomic mass is 32.2. The standard InChI is InChI=1S/C15H14N2O3S/c18-15(16-12-4-2-1-3-5-12)17-13-6-7-14-11(10-13)8-9-21(14,19)20/h1-7,10H,8-9H2,(H2,16,17,18). The molecule has 1 aliphatic heterocycles. The fourth-order valence-electron chi connectivity index (χ4n) is 2.33. The number of para-hydroxylation sites is 1. The number of fused-ring (bicyclic) bond motifs is 1. The third-order valence-corrected chi connectivity index (χ3v) is 5.14. The molecule has 3 rings (SSSR count). The molecule has 1 aliphatic rings. The number of hydrogen-bond acceptors (Lipinski definition) is 3. The monoisotopic (exact) mass is 302 g/mol. The molecule has 2 aromatic rings. The van der Waals surface area contributed by atoms with Crippen molar-refractivity contribution in [2.45, 2.75) is 11.3 Å². The number of benzene rings is 2. The summed E-state index contributed by atoms with van der Waals surface area (Å²) in [5.41, 5.74) is 2.03. The first kappa shape index (κ1) is 13.6. The predicted molar refractivity (Wildman–Crippen MR) is 81.3 cm³/mol. The lowest BCUT2D eigenvalue weighted by Crippen LogP contribution is -2.19. The maximum Gasteiger partial charge on any atom is 0.323 e. The molecule has 0 fully saturated rings. The van der Waals surface area contributed by atoms with Gasteiger partial charge in [0.25, 0.3) is 0 Å². The van der Waals surface area contributed by atoms with Crippen LogP contribution in [0.5, 0.6) is 0 Å². The number of carbonyl (C=O) groups is 1. The molecular weight excluding hydrogens is 288 g/mol. The van der Waals surface area contributed by atoms with Crippen LogP contribution < -0.4 is 10.6 Å². The summed E-state index contributed by atoms with van der Waals surface area (Å²) in [6.45, 7) is 0. The van der Waals surface area contributed by atoms with E-state index in [9.17, 15) is 13.2 Å². The van der Waals surface area contributed by atoms with Gasteiger partial charge in [-0.2, -0.15) is 0 Å². The van der Waals surface area contributed by atoms with Crippen LogP contribution >= 0.6 is 0 Å². The van der Waals surface area contributed by atoms with Crippen LogP contribution in [0.2, 0.25) is 0 Å². The zero-order chi connectivity index (χ0) is 14.9. The van der Waals surface area contributed by atoms with Crippen molar-refractivity contribution in [1.82, 2.24) is 0 Å². The van der Waals surface area contributed by atoms with Gasteiger partial charge in [-0.05, 0) is 42.3 Å². The topological polar surface area (TPSA) is 75.3 Å². The number of urea groups is 1. The molecule has 6 heteroatoms. The number of rotatable bonds is 2. The lowest BCUT2D eigenvalue weighted by atomic mass is 10.1. The van der Waals surface area contributed by atoms with E-state index in [1.165, 1.54) is 0 Å². The summed E-state index contributed by atoms with van der Waals surface area (Å²) >= 11 is 0. The number of nitrogens with one attached hydrogen (secondary N) is 2. The van der Waals surface area contributed by atoms with E-state index in [2.05, 4.69) is 10.6 Å². The number of carbonyl (C=O) groups excluding carboxylic acids is 1. The zero-order valence-electron chi connectivity index (χ0n) is 11.2. The third kappa shape index (κ3) is 2.90. The van der Waals surface area contributed by atoms with Gasteiger partial charge in [-0.1, -0.05) is 18.2 Å². The molecule has 0 bridgehead atoms. The molecule has 2 amide bonds. The van der Waals surface area contributed by atoms with Gasteiger partial charge in [-0.25, -0.2) is 13.2 Å². The van der Waals surface area contributed by atoms with Gasteiger partial charge in [0.05, 0.1) is 10.6 Å². The van der Waals surface area contributed by atoms with Gasteiger partial charge >= 0.3 is 6.03 Å². The summed E-state index contributed by atoms with van der Waals surface area (Å²) in [6, 6.07) is 13.6. The second-order valence-electron chi connectivity index (χ2n) is 4.84. The van der Waals surface area contributed by atoms with Crippen LogP contribution in [0.25, 0.3) is 0 Å². The van der Waals surface area contributed by atoms with Crippen molar-refractivity contribution in [3.05, 3.63) is 54.1 Å². The Morgan fingerprint density at radius 1 is 0.952 bits per heavy atom. The van der Waals surface area contributed by atoms with Crippen LogP contribution in [0.15, 0.2) is 53.4 Å². The molecule has 108 valence electrons. The van der Waals surface area contributed by atoms with Crippen LogP contribution in [0.3, 0.4) is 0 Å². The van der Waals surface area contributed by atoms with Gasteiger partial charge < -0.3 is 10.6 Å². The van der Waals surface area contributed by atoms with Crippen LogP contribution in [-0.4, -0.2) is 20.2 Å².